The lowest BCUT2D eigenvalue weighted by Gasteiger charge is -2.37. The molecule has 188 valence electrons. The summed E-state index contributed by atoms with van der Waals surface area (Å²) >= 11 is 0. The molecule has 8 nitrogen and oxygen atoms in total. The maximum atomic E-state index is 14.3. The van der Waals surface area contributed by atoms with Crippen LogP contribution < -0.4 is 5.32 Å². The lowest BCUT2D eigenvalue weighted by atomic mass is 9.99. The van der Waals surface area contributed by atoms with Crippen molar-refractivity contribution < 1.29 is 36.9 Å². The molecule has 0 bridgehead atoms. The largest absolute Gasteiger partial charge is 0.434 e. The van der Waals surface area contributed by atoms with Crippen LogP contribution in [-0.4, -0.2) is 65.3 Å². The molecule has 0 radical (unpaired) electrons. The standard InChI is InChI=1S/C21H34F3N3O5Si/c1-18(2,3)33(8,9)16-15(21(22,23)24)27(26-25-16)10-11-12-13(30-19(4,5)29-12)14-17(28-11)32-20(6,7)31-14/h11-14,17H,10H2,1-9H3/t11-,12+,13+,14-,17-/m1/s1. The number of alkyl halides is 3. The molecule has 0 spiro atoms. The van der Waals surface area contributed by atoms with Crippen LogP contribution in [-0.2, 0) is 36.4 Å². The zero-order valence-corrected chi connectivity index (χ0v) is 21.6. The zero-order chi connectivity index (χ0) is 24.8. The smallest absolute Gasteiger partial charge is 0.342 e. The Hall–Kier alpha value is -1.05. The Bertz CT molecular complexity index is 912. The number of rotatable bonds is 3. The van der Waals surface area contributed by atoms with Crippen LogP contribution in [0, 0.1) is 0 Å². The van der Waals surface area contributed by atoms with E-state index in [1.165, 1.54) is 0 Å². The summed E-state index contributed by atoms with van der Waals surface area (Å²) in [6, 6.07) is 0. The first-order chi connectivity index (χ1) is 14.8. The third-order valence-corrected chi connectivity index (χ3v) is 12.3. The summed E-state index contributed by atoms with van der Waals surface area (Å²) in [6.45, 7) is 16.4. The van der Waals surface area contributed by atoms with E-state index < -0.39 is 62.2 Å². The van der Waals surface area contributed by atoms with Crippen LogP contribution in [0.1, 0.15) is 54.2 Å². The number of hydrogen-bond acceptors (Lipinski definition) is 7. The van der Waals surface area contributed by atoms with Crippen LogP contribution in [0.3, 0.4) is 0 Å². The van der Waals surface area contributed by atoms with Crippen LogP contribution in [0.2, 0.25) is 18.1 Å². The Kier molecular flexibility index (Phi) is 5.67. The van der Waals surface area contributed by atoms with E-state index in [1.807, 2.05) is 33.9 Å². The van der Waals surface area contributed by atoms with Crippen molar-refractivity contribution in [2.24, 2.45) is 0 Å². The molecule has 3 aliphatic rings. The van der Waals surface area contributed by atoms with E-state index in [0.29, 0.717) is 0 Å². The van der Waals surface area contributed by atoms with Gasteiger partial charge < -0.3 is 23.7 Å². The normalized spacial score (nSPS) is 33.8. The highest BCUT2D eigenvalue weighted by Crippen LogP contribution is 2.45. The van der Waals surface area contributed by atoms with Gasteiger partial charge >= 0.3 is 6.18 Å². The second kappa shape index (κ2) is 7.47. The van der Waals surface area contributed by atoms with E-state index in [0.717, 1.165) is 4.68 Å². The number of nitrogens with zero attached hydrogens (tertiary/aromatic N) is 3. The van der Waals surface area contributed by atoms with E-state index >= 15 is 0 Å². The van der Waals surface area contributed by atoms with Gasteiger partial charge in [-0.1, -0.05) is 39.1 Å². The fourth-order valence-corrected chi connectivity index (χ4v) is 6.38. The summed E-state index contributed by atoms with van der Waals surface area (Å²) in [6.07, 6.45) is -7.97. The van der Waals surface area contributed by atoms with Gasteiger partial charge in [-0.25, -0.2) is 4.68 Å². The molecule has 33 heavy (non-hydrogen) atoms. The van der Waals surface area contributed by atoms with Crippen molar-refractivity contribution in [2.45, 2.75) is 122 Å². The van der Waals surface area contributed by atoms with Crippen LogP contribution >= 0.6 is 0 Å². The van der Waals surface area contributed by atoms with Gasteiger partial charge in [0.25, 0.3) is 0 Å². The van der Waals surface area contributed by atoms with Crippen LogP contribution in [0.15, 0.2) is 0 Å². The molecule has 1 aromatic rings. The van der Waals surface area contributed by atoms with Crippen LogP contribution in [0.25, 0.3) is 0 Å². The number of aromatic nitrogens is 3. The van der Waals surface area contributed by atoms with Gasteiger partial charge in [0, 0.05) is 0 Å². The quantitative estimate of drug-likeness (QED) is 0.598. The first-order valence-corrected chi connectivity index (χ1v) is 14.2. The molecule has 0 unspecified atom stereocenters. The lowest BCUT2D eigenvalue weighted by Crippen LogP contribution is -2.56. The van der Waals surface area contributed by atoms with Crippen molar-refractivity contribution in [1.82, 2.24) is 15.0 Å². The van der Waals surface area contributed by atoms with Gasteiger partial charge in [-0.3, -0.25) is 0 Å². The molecule has 3 aliphatic heterocycles. The third kappa shape index (κ3) is 4.38. The Morgan fingerprint density at radius 3 is 2.03 bits per heavy atom. The average molecular weight is 494 g/mol. The topological polar surface area (TPSA) is 76.9 Å². The Morgan fingerprint density at radius 2 is 1.45 bits per heavy atom. The number of fused-ring (bicyclic) bond motifs is 3. The van der Waals surface area contributed by atoms with E-state index in [-0.39, 0.29) is 16.9 Å². The summed E-state index contributed by atoms with van der Waals surface area (Å²) in [4.78, 5) is 0. The predicted octanol–water partition coefficient (Wildman–Crippen LogP) is 3.41. The molecule has 3 saturated heterocycles. The third-order valence-electron chi connectivity index (χ3n) is 7.07. The number of hydrogen-bond donors (Lipinski definition) is 0. The Balaban J connectivity index is 1.70. The summed E-state index contributed by atoms with van der Waals surface area (Å²) in [5, 5.41) is 7.71. The summed E-state index contributed by atoms with van der Waals surface area (Å²) in [5.41, 5.74) is -0.821. The molecule has 0 amide bonds. The summed E-state index contributed by atoms with van der Waals surface area (Å²) in [7, 11) is -2.63. The molecule has 3 fully saturated rings. The van der Waals surface area contributed by atoms with Gasteiger partial charge in [-0.15, -0.1) is 5.10 Å². The molecule has 0 aromatic carbocycles. The number of halogens is 3. The fourth-order valence-electron chi connectivity index (χ4n) is 4.51. The van der Waals surface area contributed by atoms with E-state index in [2.05, 4.69) is 10.3 Å². The van der Waals surface area contributed by atoms with Crippen molar-refractivity contribution in [3.8, 4) is 0 Å². The average Bonchev–Trinajstić information content (AvgIpc) is 3.25. The molecule has 4 rings (SSSR count). The molecular formula is C21H34F3N3O5Si. The maximum absolute atomic E-state index is 14.3. The van der Waals surface area contributed by atoms with Crippen molar-refractivity contribution in [2.75, 3.05) is 0 Å². The summed E-state index contributed by atoms with van der Waals surface area (Å²) < 4.78 is 73.8. The molecule has 0 N–H and O–H groups in total. The Morgan fingerprint density at radius 1 is 0.909 bits per heavy atom. The highest BCUT2D eigenvalue weighted by atomic mass is 28.3. The van der Waals surface area contributed by atoms with E-state index in [4.69, 9.17) is 23.7 Å². The number of ether oxygens (including phenoxy) is 5. The minimum Gasteiger partial charge on any atom is -0.342 e. The molecule has 1 aromatic heterocycles. The van der Waals surface area contributed by atoms with Gasteiger partial charge in [-0.05, 0) is 32.7 Å². The molecule has 4 heterocycles. The first kappa shape index (κ1) is 25.1. The zero-order valence-electron chi connectivity index (χ0n) is 20.6. The van der Waals surface area contributed by atoms with Crippen molar-refractivity contribution in [1.29, 1.82) is 0 Å². The lowest BCUT2D eigenvalue weighted by molar-refractivity contribution is -0.237. The van der Waals surface area contributed by atoms with Gasteiger partial charge in [0.2, 0.25) is 0 Å². The molecule has 5 atom stereocenters. The molecular weight excluding hydrogens is 459 g/mol. The van der Waals surface area contributed by atoms with Crippen molar-refractivity contribution in [3.05, 3.63) is 5.69 Å². The minimum atomic E-state index is -4.62. The molecule has 0 saturated carbocycles. The van der Waals surface area contributed by atoms with E-state index in [1.54, 1.807) is 27.7 Å². The van der Waals surface area contributed by atoms with Gasteiger partial charge in [0.1, 0.15) is 32.5 Å². The first-order valence-electron chi connectivity index (χ1n) is 11.2. The van der Waals surface area contributed by atoms with Gasteiger partial charge in [0.15, 0.2) is 23.6 Å². The van der Waals surface area contributed by atoms with E-state index in [9.17, 15) is 13.2 Å². The second-order valence-corrected chi connectivity index (χ2v) is 16.8. The second-order valence-electron chi connectivity index (χ2n) is 11.5. The maximum Gasteiger partial charge on any atom is 0.434 e. The monoisotopic (exact) mass is 493 g/mol. The molecule has 0 aliphatic carbocycles. The minimum absolute atomic E-state index is 0.0400. The Labute approximate surface area is 193 Å². The van der Waals surface area contributed by atoms with Gasteiger partial charge in [0.05, 0.1) is 11.9 Å². The SMILES string of the molecule is CC1(C)O[C@H]2[C@@H](O1)[C@@H](Cn1nnc([Si](C)(C)C(C)(C)C)c1C(F)(F)F)O[C@@H]1OC(C)(C)O[C@@H]12. The highest BCUT2D eigenvalue weighted by molar-refractivity contribution is 6.91. The van der Waals surface area contributed by atoms with Gasteiger partial charge in [-0.2, -0.15) is 13.2 Å². The predicted molar refractivity (Wildman–Crippen MR) is 114 cm³/mol. The van der Waals surface area contributed by atoms with Crippen LogP contribution in [0.5, 0.6) is 0 Å². The highest BCUT2D eigenvalue weighted by Gasteiger charge is 2.61. The fraction of sp³-hybridized carbons (Fsp3) is 0.905. The summed E-state index contributed by atoms with van der Waals surface area (Å²) in [5.74, 6) is -1.85. The van der Waals surface area contributed by atoms with Crippen molar-refractivity contribution in [3.63, 3.8) is 0 Å². The molecule has 12 heteroatoms. The van der Waals surface area contributed by atoms with Crippen LogP contribution in [0.4, 0.5) is 13.2 Å². The van der Waals surface area contributed by atoms with Crippen molar-refractivity contribution >= 4 is 13.4 Å².